The second-order valence-electron chi connectivity index (χ2n) is 4.12. The zero-order chi connectivity index (χ0) is 14.9. The number of rotatable bonds is 4. The lowest BCUT2D eigenvalue weighted by Crippen LogP contribution is -2.04. The van der Waals surface area contributed by atoms with E-state index in [0.717, 1.165) is 32.0 Å². The summed E-state index contributed by atoms with van der Waals surface area (Å²) < 4.78 is 3.62. The molecule has 0 aliphatic heterocycles. The highest BCUT2D eigenvalue weighted by Gasteiger charge is 2.17. The highest BCUT2D eigenvalue weighted by atomic mass is 79.9. The van der Waals surface area contributed by atoms with Crippen molar-refractivity contribution in [3.63, 3.8) is 0 Å². The molecule has 0 fully saturated rings. The fourth-order valence-electron chi connectivity index (χ4n) is 1.73. The minimum absolute atomic E-state index is 0.0563. The molecule has 0 saturated carbocycles. The van der Waals surface area contributed by atoms with E-state index in [0.29, 0.717) is 11.0 Å². The molecule has 1 aromatic heterocycles. The Kier molecular flexibility index (Phi) is 4.87. The summed E-state index contributed by atoms with van der Waals surface area (Å²) in [5.41, 5.74) is 1.98. The largest absolute Gasteiger partial charge is 0.481 e. The maximum atomic E-state index is 10.7. The summed E-state index contributed by atoms with van der Waals surface area (Å²) in [6.07, 6.45) is 0. The summed E-state index contributed by atoms with van der Waals surface area (Å²) >= 11 is 8.21. The molecule has 0 saturated heterocycles. The minimum Gasteiger partial charge on any atom is -0.481 e. The van der Waals surface area contributed by atoms with E-state index in [-0.39, 0.29) is 5.75 Å². The fourth-order valence-corrected chi connectivity index (χ4v) is 4.20. The van der Waals surface area contributed by atoms with Crippen molar-refractivity contribution in [2.75, 3.05) is 5.75 Å². The quantitative estimate of drug-likeness (QED) is 0.765. The van der Waals surface area contributed by atoms with Gasteiger partial charge in [-0.25, -0.2) is 0 Å². The number of hydrogen-bond acceptors (Lipinski definition) is 4. The van der Waals surface area contributed by atoms with Crippen LogP contribution in [0.25, 0.3) is 5.69 Å². The summed E-state index contributed by atoms with van der Waals surface area (Å²) in [5.74, 6) is -0.244. The van der Waals surface area contributed by atoms with Crippen molar-refractivity contribution in [2.45, 2.75) is 19.0 Å². The number of aliphatic carboxylic acids is 1. The van der Waals surface area contributed by atoms with Crippen molar-refractivity contribution in [3.05, 3.63) is 32.5 Å². The van der Waals surface area contributed by atoms with Crippen LogP contribution in [0.1, 0.15) is 11.4 Å². The van der Waals surface area contributed by atoms with Gasteiger partial charge in [-0.1, -0.05) is 11.8 Å². The van der Waals surface area contributed by atoms with E-state index in [9.17, 15) is 4.79 Å². The van der Waals surface area contributed by atoms with Gasteiger partial charge in [0.1, 0.15) is 5.82 Å². The van der Waals surface area contributed by atoms with Crippen LogP contribution in [-0.4, -0.2) is 31.6 Å². The van der Waals surface area contributed by atoms with Crippen LogP contribution < -0.4 is 0 Å². The molecule has 20 heavy (non-hydrogen) atoms. The van der Waals surface area contributed by atoms with E-state index in [4.69, 9.17) is 5.11 Å². The minimum atomic E-state index is -0.885. The molecule has 0 amide bonds. The average molecular weight is 421 g/mol. The van der Waals surface area contributed by atoms with Crippen LogP contribution in [0.3, 0.4) is 0 Å². The van der Waals surface area contributed by atoms with Crippen molar-refractivity contribution in [1.82, 2.24) is 14.8 Å². The van der Waals surface area contributed by atoms with Crippen LogP contribution in [0.2, 0.25) is 0 Å². The molecule has 0 aliphatic rings. The average Bonchev–Trinajstić information content (AvgIpc) is 2.67. The Morgan fingerprint density at radius 3 is 2.45 bits per heavy atom. The smallest absolute Gasteiger partial charge is 0.313 e. The zero-order valence-electron chi connectivity index (χ0n) is 10.7. The third-order valence-electron chi connectivity index (χ3n) is 2.50. The number of halogens is 2. The van der Waals surface area contributed by atoms with Crippen molar-refractivity contribution in [1.29, 1.82) is 0 Å². The summed E-state index contributed by atoms with van der Waals surface area (Å²) in [6.45, 7) is 3.83. The van der Waals surface area contributed by atoms with Gasteiger partial charge in [0, 0.05) is 8.95 Å². The number of aromatic nitrogens is 3. The first-order chi connectivity index (χ1) is 9.40. The lowest BCUT2D eigenvalue weighted by molar-refractivity contribution is -0.133. The van der Waals surface area contributed by atoms with Crippen LogP contribution in [0, 0.1) is 13.8 Å². The Labute approximate surface area is 137 Å². The van der Waals surface area contributed by atoms with Gasteiger partial charge in [-0.2, -0.15) is 0 Å². The van der Waals surface area contributed by atoms with Crippen molar-refractivity contribution >= 4 is 49.6 Å². The summed E-state index contributed by atoms with van der Waals surface area (Å²) in [5, 5.41) is 17.4. The monoisotopic (exact) mass is 419 g/mol. The zero-order valence-corrected chi connectivity index (χ0v) is 14.7. The van der Waals surface area contributed by atoms with Crippen molar-refractivity contribution in [2.24, 2.45) is 0 Å². The summed E-state index contributed by atoms with van der Waals surface area (Å²) in [4.78, 5) is 10.7. The van der Waals surface area contributed by atoms with Gasteiger partial charge in [0.2, 0.25) is 0 Å². The molecule has 1 N–H and O–H groups in total. The highest BCUT2D eigenvalue weighted by molar-refractivity contribution is 9.11. The topological polar surface area (TPSA) is 68.0 Å². The molecule has 0 spiro atoms. The van der Waals surface area contributed by atoms with Gasteiger partial charge in [0.25, 0.3) is 0 Å². The third kappa shape index (κ3) is 3.24. The van der Waals surface area contributed by atoms with E-state index in [1.165, 1.54) is 0 Å². The normalized spacial score (nSPS) is 10.8. The molecule has 0 bridgehead atoms. The standard InChI is InChI=1S/C12H11Br2N3O2S/c1-6-3-8(13)11(9(14)4-6)17-7(2)15-16-12(17)20-5-10(18)19/h3-4H,5H2,1-2H3,(H,18,19). The molecule has 1 aromatic carbocycles. The number of benzene rings is 1. The molecule has 0 unspecified atom stereocenters. The maximum absolute atomic E-state index is 10.7. The van der Waals surface area contributed by atoms with Gasteiger partial charge in [0.15, 0.2) is 5.16 Å². The van der Waals surface area contributed by atoms with E-state index in [1.54, 1.807) is 0 Å². The SMILES string of the molecule is Cc1cc(Br)c(-n2c(C)nnc2SCC(=O)O)c(Br)c1. The Hall–Kier alpha value is -0.860. The van der Waals surface area contributed by atoms with Crippen LogP contribution in [-0.2, 0) is 4.79 Å². The van der Waals surface area contributed by atoms with Crippen LogP contribution in [0.4, 0.5) is 0 Å². The molecule has 0 radical (unpaired) electrons. The number of carboxylic acid groups (broad SMARTS) is 1. The first-order valence-electron chi connectivity index (χ1n) is 5.62. The molecule has 5 nitrogen and oxygen atoms in total. The van der Waals surface area contributed by atoms with Crippen molar-refractivity contribution in [3.8, 4) is 5.69 Å². The first kappa shape index (κ1) is 15.5. The van der Waals surface area contributed by atoms with Crippen LogP contribution in [0.15, 0.2) is 26.2 Å². The number of thioether (sulfide) groups is 1. The molecular weight excluding hydrogens is 410 g/mol. The van der Waals surface area contributed by atoms with Gasteiger partial charge in [-0.3, -0.25) is 9.36 Å². The number of carboxylic acids is 1. The van der Waals surface area contributed by atoms with E-state index >= 15 is 0 Å². The van der Waals surface area contributed by atoms with Gasteiger partial charge in [-0.15, -0.1) is 10.2 Å². The second kappa shape index (κ2) is 6.28. The lowest BCUT2D eigenvalue weighted by atomic mass is 10.2. The fraction of sp³-hybridized carbons (Fsp3) is 0.250. The predicted octanol–water partition coefficient (Wildman–Crippen LogP) is 3.59. The molecule has 8 heteroatoms. The lowest BCUT2D eigenvalue weighted by Gasteiger charge is -2.13. The Morgan fingerprint density at radius 1 is 1.30 bits per heavy atom. The van der Waals surface area contributed by atoms with Crippen LogP contribution in [0.5, 0.6) is 0 Å². The molecule has 0 atom stereocenters. The van der Waals surface area contributed by atoms with Gasteiger partial charge in [0.05, 0.1) is 11.4 Å². The van der Waals surface area contributed by atoms with E-state index < -0.39 is 5.97 Å². The predicted molar refractivity (Wildman–Crippen MR) is 84.6 cm³/mol. The Morgan fingerprint density at radius 2 is 1.90 bits per heavy atom. The molecule has 0 aliphatic carbocycles. The number of nitrogens with zero attached hydrogens (tertiary/aromatic N) is 3. The maximum Gasteiger partial charge on any atom is 0.313 e. The number of hydrogen-bond donors (Lipinski definition) is 1. The van der Waals surface area contributed by atoms with Crippen molar-refractivity contribution < 1.29 is 9.90 Å². The summed E-state index contributed by atoms with van der Waals surface area (Å²) in [6, 6.07) is 3.98. The molecule has 2 rings (SSSR count). The molecule has 106 valence electrons. The molecular formula is C12H11Br2N3O2S. The Bertz CT molecular complexity index is 650. The molecule has 1 heterocycles. The highest BCUT2D eigenvalue weighted by Crippen LogP contribution is 2.34. The molecule has 2 aromatic rings. The van der Waals surface area contributed by atoms with Gasteiger partial charge in [-0.05, 0) is 63.4 Å². The van der Waals surface area contributed by atoms with E-state index in [1.807, 2.05) is 30.5 Å². The second-order valence-corrected chi connectivity index (χ2v) is 6.78. The van der Waals surface area contributed by atoms with Gasteiger partial charge < -0.3 is 5.11 Å². The Balaban J connectivity index is 2.52. The first-order valence-corrected chi connectivity index (χ1v) is 8.20. The van der Waals surface area contributed by atoms with E-state index in [2.05, 4.69) is 42.1 Å². The van der Waals surface area contributed by atoms with Gasteiger partial charge >= 0.3 is 5.97 Å². The third-order valence-corrected chi connectivity index (χ3v) is 4.63. The summed E-state index contributed by atoms with van der Waals surface area (Å²) in [7, 11) is 0. The number of aryl methyl sites for hydroxylation is 2. The number of carbonyl (C=O) groups is 1. The van der Waals surface area contributed by atoms with Crippen LogP contribution >= 0.6 is 43.6 Å².